The molecular formula is C23H30N4O2S. The molecule has 3 aliphatic rings. The number of rotatable bonds is 7. The van der Waals surface area contributed by atoms with Gasteiger partial charge in [-0.2, -0.15) is 5.10 Å². The van der Waals surface area contributed by atoms with E-state index in [0.29, 0.717) is 36.3 Å². The van der Waals surface area contributed by atoms with Crippen LogP contribution in [0.2, 0.25) is 0 Å². The number of amides is 1. The Balaban J connectivity index is 1.21. The minimum absolute atomic E-state index is 0.128. The molecule has 2 N–H and O–H groups in total. The Morgan fingerprint density at radius 1 is 1.23 bits per heavy atom. The van der Waals surface area contributed by atoms with Crippen LogP contribution in [0.25, 0.3) is 11.4 Å². The van der Waals surface area contributed by atoms with E-state index < -0.39 is 0 Å². The first-order valence-electron chi connectivity index (χ1n) is 11.3. The van der Waals surface area contributed by atoms with Gasteiger partial charge < -0.3 is 10.1 Å². The summed E-state index contributed by atoms with van der Waals surface area (Å²) in [7, 11) is 0. The van der Waals surface area contributed by atoms with Crippen LogP contribution in [0, 0.1) is 28.4 Å². The first kappa shape index (κ1) is 19.8. The number of hydrogen-bond acceptors (Lipinski definition) is 4. The van der Waals surface area contributed by atoms with E-state index in [2.05, 4.69) is 15.5 Å². The maximum absolute atomic E-state index is 12.7. The van der Waals surface area contributed by atoms with Crippen LogP contribution in [-0.2, 0) is 11.3 Å². The summed E-state index contributed by atoms with van der Waals surface area (Å²) in [6.45, 7) is 3.13. The monoisotopic (exact) mass is 426 g/mol. The first-order valence-corrected chi connectivity index (χ1v) is 11.7. The van der Waals surface area contributed by atoms with Crippen molar-refractivity contribution < 1.29 is 9.53 Å². The maximum atomic E-state index is 12.7. The lowest BCUT2D eigenvalue weighted by molar-refractivity contribution is -0.122. The van der Waals surface area contributed by atoms with Crippen molar-refractivity contribution in [1.29, 1.82) is 0 Å². The Hall–Kier alpha value is -2.15. The lowest BCUT2D eigenvalue weighted by Crippen LogP contribution is -2.42. The predicted molar refractivity (Wildman–Crippen MR) is 118 cm³/mol. The van der Waals surface area contributed by atoms with E-state index >= 15 is 0 Å². The van der Waals surface area contributed by atoms with Crippen molar-refractivity contribution in [3.8, 4) is 17.1 Å². The van der Waals surface area contributed by atoms with Gasteiger partial charge in [-0.15, -0.1) is 0 Å². The molecule has 5 atom stereocenters. The minimum atomic E-state index is 0.128. The zero-order chi connectivity index (χ0) is 20.7. The van der Waals surface area contributed by atoms with Crippen molar-refractivity contribution >= 4 is 18.1 Å². The van der Waals surface area contributed by atoms with Crippen LogP contribution in [-0.4, -0.2) is 33.3 Å². The molecule has 0 spiro atoms. The third-order valence-corrected chi connectivity index (χ3v) is 7.83. The number of carbonyl (C=O) groups excluding carboxylic acids is 1. The Labute approximate surface area is 182 Å². The molecule has 30 heavy (non-hydrogen) atoms. The number of nitrogens with one attached hydrogen (secondary N) is 2. The SMILES string of the molecule is CCOc1ccc(-c2n[nH]c(=S)n2CCC(=O)N[C@@H]2C[C@H]3C[C@H]2[C@H]2CCC[C@@H]32)cc1. The Bertz CT molecular complexity index is 966. The van der Waals surface area contributed by atoms with Crippen molar-refractivity contribution in [1.82, 2.24) is 20.1 Å². The van der Waals surface area contributed by atoms with Gasteiger partial charge in [-0.25, -0.2) is 0 Å². The van der Waals surface area contributed by atoms with Gasteiger partial charge in [0.15, 0.2) is 10.6 Å². The lowest BCUT2D eigenvalue weighted by atomic mass is 9.79. The fraction of sp³-hybridized carbons (Fsp3) is 0.609. The second kappa shape index (κ2) is 8.17. The Kier molecular flexibility index (Phi) is 5.39. The highest BCUT2D eigenvalue weighted by Crippen LogP contribution is 2.58. The van der Waals surface area contributed by atoms with Crippen molar-refractivity contribution in [3.63, 3.8) is 0 Å². The molecule has 0 aliphatic heterocycles. The van der Waals surface area contributed by atoms with E-state index in [4.69, 9.17) is 17.0 Å². The molecule has 7 heteroatoms. The topological polar surface area (TPSA) is 71.9 Å². The number of carbonyl (C=O) groups is 1. The molecular weight excluding hydrogens is 396 g/mol. The fourth-order valence-electron chi connectivity index (χ4n) is 6.34. The quantitative estimate of drug-likeness (QED) is 0.646. The van der Waals surface area contributed by atoms with Crippen LogP contribution in [0.1, 0.15) is 45.4 Å². The number of fused-ring (bicyclic) bond motifs is 5. The average Bonchev–Trinajstić information content (AvgIpc) is 3.49. The molecule has 0 radical (unpaired) electrons. The summed E-state index contributed by atoms with van der Waals surface area (Å²) in [6, 6.07) is 8.18. The third kappa shape index (κ3) is 3.57. The van der Waals surface area contributed by atoms with E-state index in [0.717, 1.165) is 34.9 Å². The van der Waals surface area contributed by atoms with Crippen LogP contribution in [0.4, 0.5) is 0 Å². The highest BCUT2D eigenvalue weighted by Gasteiger charge is 2.53. The largest absolute Gasteiger partial charge is 0.494 e. The van der Waals surface area contributed by atoms with Crippen LogP contribution in [0.3, 0.4) is 0 Å². The molecule has 3 aliphatic carbocycles. The van der Waals surface area contributed by atoms with Crippen molar-refractivity contribution in [2.45, 2.75) is 58.0 Å². The number of H-pyrrole nitrogens is 1. The second-order valence-electron chi connectivity index (χ2n) is 9.04. The van der Waals surface area contributed by atoms with Crippen molar-refractivity contribution in [3.05, 3.63) is 29.0 Å². The van der Waals surface area contributed by atoms with Gasteiger partial charge in [0, 0.05) is 24.6 Å². The molecule has 0 unspecified atom stereocenters. The minimum Gasteiger partial charge on any atom is -0.494 e. The van der Waals surface area contributed by atoms with Crippen LogP contribution in [0.5, 0.6) is 5.75 Å². The van der Waals surface area contributed by atoms with Gasteiger partial charge in [-0.3, -0.25) is 14.5 Å². The second-order valence-corrected chi connectivity index (χ2v) is 9.43. The highest BCUT2D eigenvalue weighted by atomic mass is 32.1. The number of hydrogen-bond donors (Lipinski definition) is 2. The van der Waals surface area contributed by atoms with E-state index in [9.17, 15) is 4.79 Å². The lowest BCUT2D eigenvalue weighted by Gasteiger charge is -2.32. The van der Waals surface area contributed by atoms with Crippen molar-refractivity contribution in [2.24, 2.45) is 23.7 Å². The molecule has 1 aromatic heterocycles. The summed E-state index contributed by atoms with van der Waals surface area (Å²) in [5.74, 6) is 5.08. The molecule has 3 fully saturated rings. The maximum Gasteiger partial charge on any atom is 0.222 e. The fourth-order valence-corrected chi connectivity index (χ4v) is 6.56. The molecule has 1 amide bonds. The zero-order valence-electron chi connectivity index (χ0n) is 17.5. The smallest absolute Gasteiger partial charge is 0.222 e. The molecule has 0 saturated heterocycles. The molecule has 3 saturated carbocycles. The normalized spacial score (nSPS) is 29.2. The summed E-state index contributed by atoms with van der Waals surface area (Å²) < 4.78 is 7.97. The van der Waals surface area contributed by atoms with Crippen LogP contribution in [0.15, 0.2) is 24.3 Å². The van der Waals surface area contributed by atoms with E-state index in [-0.39, 0.29) is 5.91 Å². The number of aromatic nitrogens is 3. The van der Waals surface area contributed by atoms with Crippen LogP contribution < -0.4 is 10.1 Å². The number of nitrogens with zero attached hydrogens (tertiary/aromatic N) is 2. The predicted octanol–water partition coefficient (Wildman–Crippen LogP) is 4.34. The molecule has 6 nitrogen and oxygen atoms in total. The summed E-state index contributed by atoms with van der Waals surface area (Å²) in [5, 5.41) is 10.6. The van der Waals surface area contributed by atoms with Gasteiger partial charge in [-0.1, -0.05) is 6.42 Å². The van der Waals surface area contributed by atoms with Crippen molar-refractivity contribution in [2.75, 3.05) is 6.61 Å². The van der Waals surface area contributed by atoms with Gasteiger partial charge in [0.05, 0.1) is 6.61 Å². The average molecular weight is 427 g/mol. The van der Waals surface area contributed by atoms with E-state index in [1.165, 1.54) is 32.1 Å². The molecule has 160 valence electrons. The Morgan fingerprint density at radius 3 is 2.83 bits per heavy atom. The number of ether oxygens (including phenoxy) is 1. The number of benzene rings is 1. The van der Waals surface area contributed by atoms with Gasteiger partial charge in [0.25, 0.3) is 0 Å². The zero-order valence-corrected chi connectivity index (χ0v) is 18.3. The molecule has 2 bridgehead atoms. The van der Waals surface area contributed by atoms with Crippen LogP contribution >= 0.6 is 12.2 Å². The highest BCUT2D eigenvalue weighted by molar-refractivity contribution is 7.71. The molecule has 5 rings (SSSR count). The molecule has 1 heterocycles. The summed E-state index contributed by atoms with van der Waals surface area (Å²) in [6.07, 6.45) is 7.10. The van der Waals surface area contributed by atoms with Gasteiger partial charge >= 0.3 is 0 Å². The van der Waals surface area contributed by atoms with E-state index in [1.807, 2.05) is 35.8 Å². The molecule has 1 aromatic carbocycles. The van der Waals surface area contributed by atoms with Gasteiger partial charge in [0.2, 0.25) is 5.91 Å². The van der Waals surface area contributed by atoms with E-state index in [1.54, 1.807) is 0 Å². The summed E-state index contributed by atoms with van der Waals surface area (Å²) in [5.41, 5.74) is 0.951. The standard InChI is InChI=1S/C23H30N4O2S/c1-2-29-16-8-6-14(7-9-16)22-25-26-23(30)27(22)11-10-21(28)24-20-13-15-12-19(20)18-5-3-4-17(15)18/h6-9,15,17-20H,2-5,10-13H2,1H3,(H,24,28)(H,26,30)/t15-,17+,18+,19+,20-/m1/s1. The number of aromatic amines is 1. The Morgan fingerprint density at radius 2 is 2.03 bits per heavy atom. The third-order valence-electron chi connectivity index (χ3n) is 7.52. The summed E-state index contributed by atoms with van der Waals surface area (Å²) >= 11 is 5.42. The van der Waals surface area contributed by atoms with Gasteiger partial charge in [-0.05, 0) is 92.8 Å². The summed E-state index contributed by atoms with van der Waals surface area (Å²) in [4.78, 5) is 12.7. The first-order chi connectivity index (χ1) is 14.6. The van der Waals surface area contributed by atoms with Gasteiger partial charge in [0.1, 0.15) is 5.75 Å². The molecule has 2 aromatic rings.